The minimum absolute atomic E-state index is 0.0346. The summed E-state index contributed by atoms with van der Waals surface area (Å²) in [6.07, 6.45) is 2.02. The number of anilines is 1. The molecule has 0 bridgehead atoms. The first-order valence-electron chi connectivity index (χ1n) is 4.66. The van der Waals surface area contributed by atoms with E-state index in [4.69, 9.17) is 9.84 Å². The number of aliphatic hydroxyl groups excluding tert-OH is 1. The first-order chi connectivity index (χ1) is 6.88. The van der Waals surface area contributed by atoms with Crippen molar-refractivity contribution in [2.45, 2.75) is 25.5 Å². The van der Waals surface area contributed by atoms with Crippen LogP contribution in [0.3, 0.4) is 0 Å². The third kappa shape index (κ3) is 2.40. The monoisotopic (exact) mass is 215 g/mol. The molecular formula is C8H13N3O2S. The van der Waals surface area contributed by atoms with Gasteiger partial charge in [-0.15, -0.1) is 10.2 Å². The molecule has 6 heteroatoms. The van der Waals surface area contributed by atoms with E-state index in [2.05, 4.69) is 15.5 Å². The summed E-state index contributed by atoms with van der Waals surface area (Å²) in [5.41, 5.74) is 0. The van der Waals surface area contributed by atoms with Crippen LogP contribution < -0.4 is 5.32 Å². The molecule has 0 aliphatic carbocycles. The van der Waals surface area contributed by atoms with Gasteiger partial charge in [-0.1, -0.05) is 11.3 Å². The Balaban J connectivity index is 1.89. The van der Waals surface area contributed by atoms with Gasteiger partial charge in [-0.05, 0) is 12.8 Å². The van der Waals surface area contributed by atoms with Gasteiger partial charge in [-0.25, -0.2) is 0 Å². The lowest BCUT2D eigenvalue weighted by molar-refractivity contribution is 0.0904. The van der Waals surface area contributed by atoms with Crippen LogP contribution in [-0.2, 0) is 11.3 Å². The summed E-state index contributed by atoms with van der Waals surface area (Å²) >= 11 is 1.40. The van der Waals surface area contributed by atoms with Crippen molar-refractivity contribution < 1.29 is 9.84 Å². The molecule has 5 nitrogen and oxygen atoms in total. The fourth-order valence-corrected chi connectivity index (χ4v) is 2.07. The van der Waals surface area contributed by atoms with Crippen LogP contribution in [0.4, 0.5) is 5.13 Å². The Morgan fingerprint density at radius 2 is 2.21 bits per heavy atom. The molecule has 2 heterocycles. The van der Waals surface area contributed by atoms with Crippen LogP contribution in [0.1, 0.15) is 17.8 Å². The summed E-state index contributed by atoms with van der Waals surface area (Å²) in [5, 5.41) is 21.3. The van der Waals surface area contributed by atoms with Crippen LogP contribution >= 0.6 is 11.3 Å². The van der Waals surface area contributed by atoms with Crippen molar-refractivity contribution in [3.05, 3.63) is 5.01 Å². The lowest BCUT2D eigenvalue weighted by Crippen LogP contribution is -2.27. The molecular weight excluding hydrogens is 202 g/mol. The molecule has 0 spiro atoms. The molecule has 0 saturated carbocycles. The largest absolute Gasteiger partial charge is 0.389 e. The van der Waals surface area contributed by atoms with Crippen molar-refractivity contribution in [2.75, 3.05) is 18.5 Å². The fraction of sp³-hybridized carbons (Fsp3) is 0.750. The Kier molecular flexibility index (Phi) is 3.28. The second kappa shape index (κ2) is 4.68. The van der Waals surface area contributed by atoms with E-state index in [-0.39, 0.29) is 6.61 Å². The predicted molar refractivity (Wildman–Crippen MR) is 53.3 cm³/mol. The molecule has 14 heavy (non-hydrogen) atoms. The van der Waals surface area contributed by atoms with Gasteiger partial charge in [0.2, 0.25) is 5.13 Å². The maximum absolute atomic E-state index is 8.82. The fourth-order valence-electron chi connectivity index (χ4n) is 1.39. The number of nitrogens with zero attached hydrogens (tertiary/aromatic N) is 2. The number of aliphatic hydroxyl groups is 1. The molecule has 0 amide bonds. The number of hydrogen-bond donors (Lipinski definition) is 2. The van der Waals surface area contributed by atoms with Crippen molar-refractivity contribution in [2.24, 2.45) is 0 Å². The van der Waals surface area contributed by atoms with Crippen molar-refractivity contribution in [3.8, 4) is 0 Å². The zero-order chi connectivity index (χ0) is 9.80. The van der Waals surface area contributed by atoms with E-state index in [9.17, 15) is 0 Å². The Hall–Kier alpha value is -0.720. The van der Waals surface area contributed by atoms with Gasteiger partial charge in [-0.3, -0.25) is 0 Å². The molecule has 1 aliphatic rings. The zero-order valence-corrected chi connectivity index (χ0v) is 8.59. The molecule has 0 atom stereocenters. The van der Waals surface area contributed by atoms with E-state index in [1.807, 2.05) is 0 Å². The molecule has 2 rings (SSSR count). The molecule has 1 aliphatic heterocycles. The smallest absolute Gasteiger partial charge is 0.205 e. The molecule has 1 fully saturated rings. The van der Waals surface area contributed by atoms with Gasteiger partial charge in [-0.2, -0.15) is 0 Å². The van der Waals surface area contributed by atoms with Gasteiger partial charge in [0, 0.05) is 19.3 Å². The Bertz CT molecular complexity index is 286. The number of rotatable bonds is 3. The van der Waals surface area contributed by atoms with Crippen LogP contribution in [0.2, 0.25) is 0 Å². The molecule has 0 aromatic carbocycles. The Morgan fingerprint density at radius 1 is 1.43 bits per heavy atom. The van der Waals surface area contributed by atoms with Gasteiger partial charge in [0.05, 0.1) is 6.61 Å². The van der Waals surface area contributed by atoms with E-state index >= 15 is 0 Å². The Morgan fingerprint density at radius 3 is 2.86 bits per heavy atom. The first-order valence-corrected chi connectivity index (χ1v) is 5.47. The van der Waals surface area contributed by atoms with E-state index in [0.717, 1.165) is 31.2 Å². The maximum Gasteiger partial charge on any atom is 0.205 e. The predicted octanol–water partition coefficient (Wildman–Crippen LogP) is 0.621. The highest BCUT2D eigenvalue weighted by Crippen LogP contribution is 2.19. The van der Waals surface area contributed by atoms with E-state index in [1.165, 1.54) is 11.3 Å². The summed E-state index contributed by atoms with van der Waals surface area (Å²) in [6.45, 7) is 1.58. The topological polar surface area (TPSA) is 67.3 Å². The van der Waals surface area contributed by atoms with E-state index in [0.29, 0.717) is 11.0 Å². The van der Waals surface area contributed by atoms with Gasteiger partial charge < -0.3 is 15.2 Å². The molecule has 2 N–H and O–H groups in total. The summed E-state index contributed by atoms with van der Waals surface area (Å²) in [6, 6.07) is 0.434. The summed E-state index contributed by atoms with van der Waals surface area (Å²) in [4.78, 5) is 0. The van der Waals surface area contributed by atoms with Crippen LogP contribution in [-0.4, -0.2) is 34.6 Å². The highest BCUT2D eigenvalue weighted by atomic mass is 32.1. The first kappa shape index (κ1) is 9.82. The summed E-state index contributed by atoms with van der Waals surface area (Å²) < 4.78 is 5.25. The lowest BCUT2D eigenvalue weighted by atomic mass is 10.1. The minimum atomic E-state index is -0.0346. The second-order valence-corrected chi connectivity index (χ2v) is 4.25. The SMILES string of the molecule is OCc1nnc(NC2CCOCC2)s1. The van der Waals surface area contributed by atoms with Gasteiger partial charge in [0.25, 0.3) is 0 Å². The average Bonchev–Trinajstić information content (AvgIpc) is 2.67. The van der Waals surface area contributed by atoms with Crippen molar-refractivity contribution in [1.29, 1.82) is 0 Å². The zero-order valence-electron chi connectivity index (χ0n) is 7.77. The third-order valence-corrected chi connectivity index (χ3v) is 2.99. The molecule has 78 valence electrons. The normalized spacial score (nSPS) is 18.4. The molecule has 0 radical (unpaired) electrons. The van der Waals surface area contributed by atoms with Crippen molar-refractivity contribution in [3.63, 3.8) is 0 Å². The van der Waals surface area contributed by atoms with Crippen LogP contribution in [0.15, 0.2) is 0 Å². The van der Waals surface area contributed by atoms with Crippen LogP contribution in [0, 0.1) is 0 Å². The van der Waals surface area contributed by atoms with Crippen molar-refractivity contribution >= 4 is 16.5 Å². The van der Waals surface area contributed by atoms with Gasteiger partial charge in [0.1, 0.15) is 5.01 Å². The number of hydrogen-bond acceptors (Lipinski definition) is 6. The molecule has 1 aromatic heterocycles. The highest BCUT2D eigenvalue weighted by molar-refractivity contribution is 7.15. The van der Waals surface area contributed by atoms with Crippen LogP contribution in [0.5, 0.6) is 0 Å². The Labute approximate surface area is 86.1 Å². The summed E-state index contributed by atoms with van der Waals surface area (Å²) in [7, 11) is 0. The quantitative estimate of drug-likeness (QED) is 0.773. The molecule has 0 unspecified atom stereocenters. The average molecular weight is 215 g/mol. The van der Waals surface area contributed by atoms with Crippen LogP contribution in [0.25, 0.3) is 0 Å². The minimum Gasteiger partial charge on any atom is -0.389 e. The number of nitrogens with one attached hydrogen (secondary N) is 1. The molecule has 1 aromatic rings. The standard InChI is InChI=1S/C8H13N3O2S/c12-5-7-10-11-8(14-7)9-6-1-3-13-4-2-6/h6,12H,1-5H2,(H,9,11). The maximum atomic E-state index is 8.82. The second-order valence-electron chi connectivity index (χ2n) is 3.19. The molecule has 1 saturated heterocycles. The third-order valence-electron chi connectivity index (χ3n) is 2.15. The highest BCUT2D eigenvalue weighted by Gasteiger charge is 2.15. The van der Waals surface area contributed by atoms with Gasteiger partial charge in [0.15, 0.2) is 0 Å². The van der Waals surface area contributed by atoms with Crippen molar-refractivity contribution in [1.82, 2.24) is 10.2 Å². The lowest BCUT2D eigenvalue weighted by Gasteiger charge is -2.22. The van der Waals surface area contributed by atoms with E-state index in [1.54, 1.807) is 0 Å². The van der Waals surface area contributed by atoms with Gasteiger partial charge >= 0.3 is 0 Å². The number of aromatic nitrogens is 2. The van der Waals surface area contributed by atoms with E-state index < -0.39 is 0 Å². The number of ether oxygens (including phenoxy) is 1. The summed E-state index contributed by atoms with van der Waals surface area (Å²) in [5.74, 6) is 0.